The third kappa shape index (κ3) is 6.64. The molecule has 3 amide bonds. The minimum atomic E-state index is -1.17. The number of imidazole rings is 1. The molecule has 0 saturated heterocycles. The summed E-state index contributed by atoms with van der Waals surface area (Å²) in [6.07, 6.45) is 3.55. The van der Waals surface area contributed by atoms with Crippen molar-refractivity contribution in [1.82, 2.24) is 25.9 Å². The van der Waals surface area contributed by atoms with Crippen molar-refractivity contribution in [2.75, 3.05) is 6.54 Å². The van der Waals surface area contributed by atoms with Crippen LogP contribution in [0.1, 0.15) is 32.0 Å². The molecule has 9 heteroatoms. The van der Waals surface area contributed by atoms with Crippen LogP contribution in [0.5, 0.6) is 0 Å². The molecule has 34 heavy (non-hydrogen) atoms. The molecule has 2 unspecified atom stereocenters. The Morgan fingerprint density at radius 2 is 1.71 bits per heavy atom. The summed E-state index contributed by atoms with van der Waals surface area (Å²) in [7, 11) is 0. The summed E-state index contributed by atoms with van der Waals surface area (Å²) in [5, 5.41) is 10.5. The summed E-state index contributed by atoms with van der Waals surface area (Å²) >= 11 is 0. The first-order chi connectivity index (χ1) is 16.2. The summed E-state index contributed by atoms with van der Waals surface area (Å²) in [6.45, 7) is 5.37. The molecule has 9 nitrogen and oxygen atoms in total. The van der Waals surface area contributed by atoms with E-state index in [1.54, 1.807) is 20.0 Å². The topological polar surface area (TPSA) is 142 Å². The fourth-order valence-electron chi connectivity index (χ4n) is 3.55. The number of rotatable bonds is 10. The van der Waals surface area contributed by atoms with Crippen LogP contribution in [0.4, 0.5) is 0 Å². The van der Waals surface area contributed by atoms with Crippen molar-refractivity contribution >= 4 is 28.5 Å². The highest BCUT2D eigenvalue weighted by Gasteiger charge is 2.31. The third-order valence-corrected chi connectivity index (χ3v) is 5.42. The average Bonchev–Trinajstić information content (AvgIpc) is 3.30. The van der Waals surface area contributed by atoms with E-state index in [1.807, 2.05) is 49.4 Å². The molecular weight excluding hydrogens is 432 g/mol. The Balaban J connectivity index is 1.81. The number of likely N-dealkylation sites (N-methyl/N-ethyl adjacent to an activating group) is 1. The molecule has 2 aromatic carbocycles. The summed E-state index contributed by atoms with van der Waals surface area (Å²) in [5.41, 5.74) is 6.32. The molecule has 0 radical (unpaired) electrons. The molecule has 0 saturated carbocycles. The number of aromatic amines is 1. The van der Waals surface area contributed by atoms with E-state index in [1.165, 1.54) is 6.33 Å². The summed E-state index contributed by atoms with van der Waals surface area (Å²) in [4.78, 5) is 45.5. The van der Waals surface area contributed by atoms with Crippen LogP contribution in [0.25, 0.3) is 10.8 Å². The predicted octanol–water partition coefficient (Wildman–Crippen LogP) is 1.19. The maximum absolute atomic E-state index is 13.3. The molecule has 0 bridgehead atoms. The van der Waals surface area contributed by atoms with Crippen LogP contribution < -0.4 is 21.7 Å². The molecule has 0 aliphatic rings. The van der Waals surface area contributed by atoms with E-state index in [2.05, 4.69) is 25.9 Å². The molecule has 3 aromatic rings. The van der Waals surface area contributed by atoms with Gasteiger partial charge in [0.15, 0.2) is 0 Å². The number of carbonyl (C=O) groups is 3. The smallest absolute Gasteiger partial charge is 0.243 e. The fraction of sp³-hybridized carbons (Fsp3) is 0.360. The molecule has 0 aliphatic heterocycles. The Morgan fingerprint density at radius 1 is 1.00 bits per heavy atom. The van der Waals surface area contributed by atoms with Gasteiger partial charge < -0.3 is 26.7 Å². The van der Waals surface area contributed by atoms with Crippen molar-refractivity contribution in [1.29, 1.82) is 0 Å². The zero-order valence-corrected chi connectivity index (χ0v) is 19.7. The van der Waals surface area contributed by atoms with E-state index < -0.39 is 29.4 Å². The van der Waals surface area contributed by atoms with E-state index in [-0.39, 0.29) is 12.3 Å². The fourth-order valence-corrected chi connectivity index (χ4v) is 3.55. The molecule has 0 spiro atoms. The highest BCUT2D eigenvalue weighted by Crippen LogP contribution is 2.17. The Hall–Kier alpha value is -3.72. The third-order valence-electron chi connectivity index (χ3n) is 5.42. The minimum absolute atomic E-state index is 0.172. The molecule has 0 aliphatic carbocycles. The van der Waals surface area contributed by atoms with Crippen LogP contribution in [-0.2, 0) is 27.2 Å². The monoisotopic (exact) mass is 464 g/mol. The molecule has 2 atom stereocenters. The van der Waals surface area contributed by atoms with Crippen molar-refractivity contribution in [3.63, 3.8) is 0 Å². The number of benzene rings is 2. The van der Waals surface area contributed by atoms with E-state index >= 15 is 0 Å². The number of nitrogens with one attached hydrogen (secondary N) is 4. The summed E-state index contributed by atoms with van der Waals surface area (Å²) in [5.74, 6) is -1.25. The maximum Gasteiger partial charge on any atom is 0.243 e. The molecular formula is C25H32N6O3. The largest absolute Gasteiger partial charge is 0.355 e. The van der Waals surface area contributed by atoms with Crippen molar-refractivity contribution in [2.24, 2.45) is 5.73 Å². The Morgan fingerprint density at radius 3 is 2.35 bits per heavy atom. The molecule has 6 N–H and O–H groups in total. The number of H-pyrrole nitrogens is 1. The number of fused-ring (bicyclic) bond motifs is 1. The van der Waals surface area contributed by atoms with Gasteiger partial charge in [0.25, 0.3) is 0 Å². The quantitative estimate of drug-likeness (QED) is 0.306. The number of nitrogens with zero attached hydrogens (tertiary/aromatic N) is 1. The van der Waals surface area contributed by atoms with Crippen LogP contribution in [0.3, 0.4) is 0 Å². The number of amides is 3. The van der Waals surface area contributed by atoms with E-state index in [9.17, 15) is 14.4 Å². The van der Waals surface area contributed by atoms with Crippen molar-refractivity contribution in [3.05, 3.63) is 66.2 Å². The highest BCUT2D eigenvalue weighted by molar-refractivity contribution is 5.94. The highest BCUT2D eigenvalue weighted by atomic mass is 16.2. The van der Waals surface area contributed by atoms with E-state index in [4.69, 9.17) is 5.73 Å². The second kappa shape index (κ2) is 10.9. The number of hydrogen-bond acceptors (Lipinski definition) is 5. The van der Waals surface area contributed by atoms with Crippen LogP contribution in [0.2, 0.25) is 0 Å². The second-order valence-electron chi connectivity index (χ2n) is 8.87. The first kappa shape index (κ1) is 24.9. The lowest BCUT2D eigenvalue weighted by molar-refractivity contribution is -0.133. The average molecular weight is 465 g/mol. The van der Waals surface area contributed by atoms with Crippen LogP contribution in [0, 0.1) is 0 Å². The first-order valence-electron chi connectivity index (χ1n) is 11.3. The predicted molar refractivity (Wildman–Crippen MR) is 131 cm³/mol. The second-order valence-corrected chi connectivity index (χ2v) is 8.87. The lowest BCUT2D eigenvalue weighted by Gasteiger charge is -2.26. The maximum atomic E-state index is 13.3. The van der Waals surface area contributed by atoms with Gasteiger partial charge in [0, 0.05) is 31.3 Å². The minimum Gasteiger partial charge on any atom is -0.355 e. The first-order valence-corrected chi connectivity index (χ1v) is 11.3. The Labute approximate surface area is 198 Å². The van der Waals surface area contributed by atoms with Gasteiger partial charge in [-0.25, -0.2) is 4.98 Å². The molecule has 3 rings (SSSR count). The lowest BCUT2D eigenvalue weighted by Crippen LogP contribution is -2.59. The van der Waals surface area contributed by atoms with E-state index in [0.29, 0.717) is 18.7 Å². The normalized spacial score (nSPS) is 13.2. The van der Waals surface area contributed by atoms with Gasteiger partial charge in [-0.15, -0.1) is 0 Å². The van der Waals surface area contributed by atoms with Crippen LogP contribution >= 0.6 is 0 Å². The zero-order valence-electron chi connectivity index (χ0n) is 19.7. The van der Waals surface area contributed by atoms with Crippen LogP contribution in [-0.4, -0.2) is 51.9 Å². The van der Waals surface area contributed by atoms with Gasteiger partial charge in [0.2, 0.25) is 17.7 Å². The number of hydrogen-bond donors (Lipinski definition) is 5. The van der Waals surface area contributed by atoms with Gasteiger partial charge >= 0.3 is 0 Å². The van der Waals surface area contributed by atoms with Crippen LogP contribution in [0.15, 0.2) is 55.0 Å². The van der Waals surface area contributed by atoms with E-state index in [0.717, 1.165) is 16.3 Å². The van der Waals surface area contributed by atoms with Gasteiger partial charge in [-0.2, -0.15) is 0 Å². The van der Waals surface area contributed by atoms with Gasteiger partial charge in [-0.1, -0.05) is 42.5 Å². The summed E-state index contributed by atoms with van der Waals surface area (Å²) in [6, 6.07) is 12.1. The number of carbonyl (C=O) groups excluding carboxylic acids is 3. The number of aromatic nitrogens is 2. The SMILES string of the molecule is CCNC(=O)C(Cc1ccc2ccccc2c1)NC(=O)C(Cc1cnc[nH]1)NC(=O)C(C)(C)N. The zero-order chi connectivity index (χ0) is 24.7. The number of nitrogens with two attached hydrogens (primary N) is 1. The van der Waals surface area contributed by atoms with Gasteiger partial charge in [-0.3, -0.25) is 14.4 Å². The van der Waals surface area contributed by atoms with Gasteiger partial charge in [0.05, 0.1) is 11.9 Å². The Bertz CT molecular complexity index is 1140. The standard InChI is InChI=1S/C25H32N6O3/c1-4-28-22(32)20(12-16-9-10-17-7-5-6-8-18(17)11-16)30-23(33)21(13-19-14-27-15-29-19)31-24(34)25(2,3)26/h5-11,14-15,20-21H,4,12-13,26H2,1-3H3,(H,27,29)(H,28,32)(H,30,33)(H,31,34). The van der Waals surface area contributed by atoms with Gasteiger partial charge in [-0.05, 0) is 37.1 Å². The summed E-state index contributed by atoms with van der Waals surface area (Å²) < 4.78 is 0. The van der Waals surface area contributed by atoms with Crippen molar-refractivity contribution in [2.45, 2.75) is 51.2 Å². The molecule has 180 valence electrons. The molecule has 0 fully saturated rings. The Kier molecular flexibility index (Phi) is 8.01. The lowest BCUT2D eigenvalue weighted by atomic mass is 10.00. The molecule has 1 aromatic heterocycles. The van der Waals surface area contributed by atoms with Crippen molar-refractivity contribution in [3.8, 4) is 0 Å². The molecule has 1 heterocycles. The van der Waals surface area contributed by atoms with Crippen molar-refractivity contribution < 1.29 is 14.4 Å². The van der Waals surface area contributed by atoms with Gasteiger partial charge in [0.1, 0.15) is 12.1 Å².